The fraction of sp³-hybridized carbons (Fsp3) is 0.353. The SMILES string of the molecule is O=C(CCN1C(=O)CCC1=O)NCCSc1n[nH]c(-c2ccccc2)n1. The number of amides is 3. The predicted molar refractivity (Wildman–Crippen MR) is 96.1 cm³/mol. The number of nitrogens with one attached hydrogen (secondary N) is 2. The van der Waals surface area contributed by atoms with E-state index in [-0.39, 0.29) is 43.5 Å². The molecule has 0 radical (unpaired) electrons. The molecule has 9 heteroatoms. The van der Waals surface area contributed by atoms with Crippen LogP contribution in [-0.4, -0.2) is 56.6 Å². The molecule has 1 saturated heterocycles. The van der Waals surface area contributed by atoms with E-state index in [1.165, 1.54) is 11.8 Å². The molecule has 1 fully saturated rings. The number of thioether (sulfide) groups is 1. The van der Waals surface area contributed by atoms with Gasteiger partial charge in [0.05, 0.1) is 0 Å². The van der Waals surface area contributed by atoms with Crippen LogP contribution in [0.15, 0.2) is 35.5 Å². The van der Waals surface area contributed by atoms with E-state index < -0.39 is 0 Å². The standard InChI is InChI=1S/C17H19N5O3S/c23-13(8-10-22-14(24)6-7-15(22)25)18-9-11-26-17-19-16(20-21-17)12-4-2-1-3-5-12/h1-5H,6-11H2,(H,18,23)(H,19,20,21). The van der Waals surface area contributed by atoms with Crippen molar-refractivity contribution in [1.29, 1.82) is 0 Å². The Bertz CT molecular complexity index is 777. The second-order valence-electron chi connectivity index (χ2n) is 5.72. The third kappa shape index (κ3) is 4.69. The van der Waals surface area contributed by atoms with Crippen LogP contribution in [0.3, 0.4) is 0 Å². The summed E-state index contributed by atoms with van der Waals surface area (Å²) in [6, 6.07) is 9.71. The van der Waals surface area contributed by atoms with Gasteiger partial charge in [-0.1, -0.05) is 42.1 Å². The fourth-order valence-electron chi connectivity index (χ4n) is 2.54. The number of carbonyl (C=O) groups is 3. The van der Waals surface area contributed by atoms with Crippen molar-refractivity contribution in [3.05, 3.63) is 30.3 Å². The first kappa shape index (κ1) is 18.1. The van der Waals surface area contributed by atoms with Crippen molar-refractivity contribution < 1.29 is 14.4 Å². The molecule has 0 atom stereocenters. The molecule has 1 aliphatic heterocycles. The molecule has 0 aliphatic carbocycles. The van der Waals surface area contributed by atoms with E-state index in [2.05, 4.69) is 20.5 Å². The highest BCUT2D eigenvalue weighted by molar-refractivity contribution is 7.99. The third-order valence-electron chi connectivity index (χ3n) is 3.88. The molecule has 8 nitrogen and oxygen atoms in total. The summed E-state index contributed by atoms with van der Waals surface area (Å²) in [7, 11) is 0. The largest absolute Gasteiger partial charge is 0.355 e. The van der Waals surface area contributed by atoms with Crippen LogP contribution in [0.1, 0.15) is 19.3 Å². The van der Waals surface area contributed by atoms with Crippen LogP contribution < -0.4 is 5.32 Å². The Hall–Kier alpha value is -2.68. The Morgan fingerprint density at radius 3 is 2.65 bits per heavy atom. The van der Waals surface area contributed by atoms with Crippen molar-refractivity contribution in [2.24, 2.45) is 0 Å². The van der Waals surface area contributed by atoms with Crippen molar-refractivity contribution in [2.75, 3.05) is 18.8 Å². The first-order chi connectivity index (χ1) is 12.6. The third-order valence-corrected chi connectivity index (χ3v) is 4.73. The number of hydrogen-bond acceptors (Lipinski definition) is 6. The lowest BCUT2D eigenvalue weighted by molar-refractivity contribution is -0.138. The number of benzene rings is 1. The zero-order chi connectivity index (χ0) is 18.4. The fourth-order valence-corrected chi connectivity index (χ4v) is 3.20. The summed E-state index contributed by atoms with van der Waals surface area (Å²) in [5.41, 5.74) is 0.964. The molecule has 1 aliphatic rings. The molecule has 3 rings (SSSR count). The molecule has 2 heterocycles. The van der Waals surface area contributed by atoms with Gasteiger partial charge in [0, 0.05) is 43.7 Å². The summed E-state index contributed by atoms with van der Waals surface area (Å²) in [4.78, 5) is 40.3. The molecule has 0 bridgehead atoms. The van der Waals surface area contributed by atoms with Crippen LogP contribution in [0.2, 0.25) is 0 Å². The van der Waals surface area contributed by atoms with Gasteiger partial charge in [-0.05, 0) is 0 Å². The lowest BCUT2D eigenvalue weighted by Gasteiger charge is -2.13. The summed E-state index contributed by atoms with van der Waals surface area (Å²) in [5.74, 6) is 0.754. The number of imide groups is 1. The van der Waals surface area contributed by atoms with E-state index in [4.69, 9.17) is 0 Å². The smallest absolute Gasteiger partial charge is 0.229 e. The Morgan fingerprint density at radius 1 is 1.19 bits per heavy atom. The van der Waals surface area contributed by atoms with Gasteiger partial charge in [-0.3, -0.25) is 24.4 Å². The van der Waals surface area contributed by atoms with Gasteiger partial charge >= 0.3 is 0 Å². The summed E-state index contributed by atoms with van der Waals surface area (Å²) in [5, 5.41) is 10.4. The predicted octanol–water partition coefficient (Wildman–Crippen LogP) is 1.22. The maximum atomic E-state index is 11.8. The Kier molecular flexibility index (Phi) is 6.00. The second-order valence-corrected chi connectivity index (χ2v) is 6.78. The van der Waals surface area contributed by atoms with E-state index in [0.29, 0.717) is 23.3 Å². The average Bonchev–Trinajstić information content (AvgIpc) is 3.25. The maximum absolute atomic E-state index is 11.8. The van der Waals surface area contributed by atoms with E-state index in [1.807, 2.05) is 30.3 Å². The minimum Gasteiger partial charge on any atom is -0.355 e. The van der Waals surface area contributed by atoms with E-state index in [9.17, 15) is 14.4 Å². The zero-order valence-electron chi connectivity index (χ0n) is 14.1. The number of nitrogens with zero attached hydrogens (tertiary/aromatic N) is 3. The highest BCUT2D eigenvalue weighted by atomic mass is 32.2. The van der Waals surface area contributed by atoms with Crippen LogP contribution in [0.5, 0.6) is 0 Å². The molecule has 2 N–H and O–H groups in total. The van der Waals surface area contributed by atoms with Gasteiger partial charge in [0.25, 0.3) is 0 Å². The Labute approximate surface area is 154 Å². The summed E-state index contributed by atoms with van der Waals surface area (Å²) in [6.45, 7) is 0.610. The monoisotopic (exact) mass is 373 g/mol. The molecular formula is C17H19N5O3S. The van der Waals surface area contributed by atoms with E-state index in [1.54, 1.807) is 0 Å². The molecule has 0 saturated carbocycles. The molecule has 26 heavy (non-hydrogen) atoms. The minimum absolute atomic E-state index is 0.126. The van der Waals surface area contributed by atoms with Crippen LogP contribution in [0.25, 0.3) is 11.4 Å². The van der Waals surface area contributed by atoms with Gasteiger partial charge in [-0.25, -0.2) is 4.98 Å². The van der Waals surface area contributed by atoms with Gasteiger partial charge < -0.3 is 5.32 Å². The highest BCUT2D eigenvalue weighted by Crippen LogP contribution is 2.18. The number of H-pyrrole nitrogens is 1. The minimum atomic E-state index is -0.197. The topological polar surface area (TPSA) is 108 Å². The first-order valence-electron chi connectivity index (χ1n) is 8.34. The van der Waals surface area contributed by atoms with Gasteiger partial charge in [-0.15, -0.1) is 5.10 Å². The number of aromatic nitrogens is 3. The molecular weight excluding hydrogens is 354 g/mol. The molecule has 1 aromatic heterocycles. The van der Waals surface area contributed by atoms with Crippen LogP contribution >= 0.6 is 11.8 Å². The normalized spacial score (nSPS) is 14.1. The van der Waals surface area contributed by atoms with Gasteiger partial charge in [0.2, 0.25) is 22.9 Å². The second kappa shape index (κ2) is 8.61. The molecule has 136 valence electrons. The molecule has 0 spiro atoms. The maximum Gasteiger partial charge on any atom is 0.229 e. The molecule has 2 aromatic rings. The van der Waals surface area contributed by atoms with Crippen molar-refractivity contribution in [3.63, 3.8) is 0 Å². The van der Waals surface area contributed by atoms with Crippen molar-refractivity contribution >= 4 is 29.5 Å². The molecule has 0 unspecified atom stereocenters. The average molecular weight is 373 g/mol. The number of hydrogen-bond donors (Lipinski definition) is 2. The lowest BCUT2D eigenvalue weighted by Crippen LogP contribution is -2.34. The summed E-state index contributed by atoms with van der Waals surface area (Å²) in [6.07, 6.45) is 0.623. The quantitative estimate of drug-likeness (QED) is 0.409. The zero-order valence-corrected chi connectivity index (χ0v) is 14.9. The van der Waals surface area contributed by atoms with Crippen LogP contribution in [0.4, 0.5) is 0 Å². The lowest BCUT2D eigenvalue weighted by atomic mass is 10.2. The van der Waals surface area contributed by atoms with Gasteiger partial charge in [0.15, 0.2) is 5.82 Å². The highest BCUT2D eigenvalue weighted by Gasteiger charge is 2.28. The molecule has 1 aromatic carbocycles. The number of likely N-dealkylation sites (tertiary alicyclic amines) is 1. The van der Waals surface area contributed by atoms with Gasteiger partial charge in [0.1, 0.15) is 0 Å². The molecule has 3 amide bonds. The summed E-state index contributed by atoms with van der Waals surface area (Å²) < 4.78 is 0. The van der Waals surface area contributed by atoms with Crippen molar-refractivity contribution in [3.8, 4) is 11.4 Å². The van der Waals surface area contributed by atoms with Gasteiger partial charge in [-0.2, -0.15) is 0 Å². The van der Waals surface area contributed by atoms with E-state index >= 15 is 0 Å². The number of aromatic amines is 1. The van der Waals surface area contributed by atoms with E-state index in [0.717, 1.165) is 10.5 Å². The first-order valence-corrected chi connectivity index (χ1v) is 9.32. The summed E-state index contributed by atoms with van der Waals surface area (Å²) >= 11 is 1.44. The Balaban J connectivity index is 1.35. The van der Waals surface area contributed by atoms with Crippen molar-refractivity contribution in [1.82, 2.24) is 25.4 Å². The Morgan fingerprint density at radius 2 is 1.92 bits per heavy atom. The number of rotatable bonds is 8. The van der Waals surface area contributed by atoms with Crippen molar-refractivity contribution in [2.45, 2.75) is 24.4 Å². The van der Waals surface area contributed by atoms with Crippen LogP contribution in [0, 0.1) is 0 Å². The number of carbonyl (C=O) groups excluding carboxylic acids is 3. The van der Waals surface area contributed by atoms with Crippen LogP contribution in [-0.2, 0) is 14.4 Å².